The lowest BCUT2D eigenvalue weighted by atomic mass is 10.1. The maximum absolute atomic E-state index is 12.1. The van der Waals surface area contributed by atoms with E-state index in [0.29, 0.717) is 0 Å². The summed E-state index contributed by atoms with van der Waals surface area (Å²) < 4.78 is 0. The van der Waals surface area contributed by atoms with Gasteiger partial charge in [-0.1, -0.05) is 6.07 Å². The van der Waals surface area contributed by atoms with Crippen molar-refractivity contribution in [3.63, 3.8) is 0 Å². The molecule has 1 heterocycles. The number of imide groups is 1. The van der Waals surface area contributed by atoms with Gasteiger partial charge in [-0.3, -0.25) is 14.9 Å². The summed E-state index contributed by atoms with van der Waals surface area (Å²) in [6.45, 7) is 1.50. The van der Waals surface area contributed by atoms with Gasteiger partial charge in [0.25, 0.3) is 11.8 Å². The summed E-state index contributed by atoms with van der Waals surface area (Å²) in [7, 11) is 0. The Bertz CT molecular complexity index is 855. The molecule has 2 aromatic rings. The molecular weight excluding hydrogens is 300 g/mol. The third-order valence-electron chi connectivity index (χ3n) is 2.87. The number of nitro groups is 1. The van der Waals surface area contributed by atoms with E-state index in [-0.39, 0.29) is 22.4 Å². The molecule has 2 amide bonds. The number of rotatable bonds is 3. The van der Waals surface area contributed by atoms with Crippen LogP contribution in [0.1, 0.15) is 32.0 Å². The SMILES string of the molecule is Cc1cc(C(=O)NC(=O)c2cccc(C#N)c2)cc([N+](=O)[O-])n1. The minimum absolute atomic E-state index is 0.0472. The number of aryl methyl sites for hydroxylation is 1. The highest BCUT2D eigenvalue weighted by Gasteiger charge is 2.18. The fourth-order valence-corrected chi connectivity index (χ4v) is 1.85. The Kier molecular flexibility index (Phi) is 4.42. The summed E-state index contributed by atoms with van der Waals surface area (Å²) in [5.41, 5.74) is 0.649. The maximum Gasteiger partial charge on any atom is 0.364 e. The number of aromatic nitrogens is 1. The van der Waals surface area contributed by atoms with Crippen molar-refractivity contribution in [2.24, 2.45) is 0 Å². The largest absolute Gasteiger partial charge is 0.364 e. The minimum Gasteiger partial charge on any atom is -0.358 e. The number of carbonyl (C=O) groups excluding carboxylic acids is 2. The van der Waals surface area contributed by atoms with E-state index in [1.807, 2.05) is 6.07 Å². The fourth-order valence-electron chi connectivity index (χ4n) is 1.85. The molecule has 0 bridgehead atoms. The summed E-state index contributed by atoms with van der Waals surface area (Å²) >= 11 is 0. The molecular formula is C15H10N4O4. The average Bonchev–Trinajstić information content (AvgIpc) is 2.54. The normalized spacial score (nSPS) is 9.74. The van der Waals surface area contributed by atoms with E-state index >= 15 is 0 Å². The van der Waals surface area contributed by atoms with E-state index in [9.17, 15) is 19.7 Å². The summed E-state index contributed by atoms with van der Waals surface area (Å²) in [6, 6.07) is 10.0. The molecule has 1 N–H and O–H groups in total. The number of nitrogens with zero attached hydrogens (tertiary/aromatic N) is 3. The summed E-state index contributed by atoms with van der Waals surface area (Å²) in [6.07, 6.45) is 0. The van der Waals surface area contributed by atoms with Gasteiger partial charge in [0.1, 0.15) is 0 Å². The van der Waals surface area contributed by atoms with Crippen LogP contribution in [0.4, 0.5) is 5.82 Å². The predicted molar refractivity (Wildman–Crippen MR) is 78.6 cm³/mol. The van der Waals surface area contributed by atoms with Crippen LogP contribution >= 0.6 is 0 Å². The highest BCUT2D eigenvalue weighted by atomic mass is 16.6. The number of carbonyl (C=O) groups is 2. The van der Waals surface area contributed by atoms with Gasteiger partial charge in [-0.15, -0.1) is 0 Å². The topological polar surface area (TPSA) is 126 Å². The van der Waals surface area contributed by atoms with Gasteiger partial charge in [-0.05, 0) is 34.2 Å². The van der Waals surface area contributed by atoms with Gasteiger partial charge in [0, 0.05) is 18.6 Å². The van der Waals surface area contributed by atoms with Crippen molar-refractivity contribution in [2.75, 3.05) is 0 Å². The average molecular weight is 310 g/mol. The zero-order chi connectivity index (χ0) is 17.0. The molecule has 1 aromatic heterocycles. The van der Waals surface area contributed by atoms with Gasteiger partial charge in [-0.25, -0.2) is 0 Å². The van der Waals surface area contributed by atoms with Crippen LogP contribution in [0.15, 0.2) is 36.4 Å². The molecule has 0 atom stereocenters. The molecule has 0 fully saturated rings. The van der Waals surface area contributed by atoms with E-state index in [1.165, 1.54) is 37.3 Å². The second-order valence-corrected chi connectivity index (χ2v) is 4.59. The van der Waals surface area contributed by atoms with E-state index in [1.54, 1.807) is 0 Å². The molecule has 0 spiro atoms. The molecule has 0 aliphatic heterocycles. The van der Waals surface area contributed by atoms with Crippen molar-refractivity contribution in [3.05, 3.63) is 68.9 Å². The first-order valence-corrected chi connectivity index (χ1v) is 6.39. The zero-order valence-electron chi connectivity index (χ0n) is 11.9. The van der Waals surface area contributed by atoms with Crippen LogP contribution in [0.5, 0.6) is 0 Å². The number of nitriles is 1. The van der Waals surface area contributed by atoms with E-state index in [2.05, 4.69) is 10.3 Å². The summed E-state index contributed by atoms with van der Waals surface area (Å²) in [5.74, 6) is -1.97. The highest BCUT2D eigenvalue weighted by molar-refractivity contribution is 6.10. The molecule has 0 radical (unpaired) electrons. The van der Waals surface area contributed by atoms with Crippen molar-refractivity contribution in [1.82, 2.24) is 10.3 Å². The molecule has 0 aliphatic carbocycles. The zero-order valence-corrected chi connectivity index (χ0v) is 11.9. The lowest BCUT2D eigenvalue weighted by molar-refractivity contribution is -0.389. The molecule has 0 aliphatic rings. The molecule has 23 heavy (non-hydrogen) atoms. The van der Waals surface area contributed by atoms with Crippen LogP contribution in [0.3, 0.4) is 0 Å². The van der Waals surface area contributed by atoms with Gasteiger partial charge in [0.15, 0.2) is 5.69 Å². The Morgan fingerprint density at radius 1 is 1.22 bits per heavy atom. The molecule has 0 unspecified atom stereocenters. The lowest BCUT2D eigenvalue weighted by Crippen LogP contribution is -2.30. The molecule has 0 saturated heterocycles. The molecule has 1 aromatic carbocycles. The molecule has 114 valence electrons. The Labute approximate surface area is 130 Å². The molecule has 8 nitrogen and oxygen atoms in total. The van der Waals surface area contributed by atoms with Crippen LogP contribution in [0, 0.1) is 28.4 Å². The molecule has 0 saturated carbocycles. The number of hydrogen-bond donors (Lipinski definition) is 1. The lowest BCUT2D eigenvalue weighted by Gasteiger charge is -2.05. The van der Waals surface area contributed by atoms with Gasteiger partial charge >= 0.3 is 5.82 Å². The number of benzene rings is 1. The standard InChI is InChI=1S/C15H10N4O4/c1-9-5-12(7-13(17-9)19(22)23)15(21)18-14(20)11-4-2-3-10(6-11)8-16/h2-7H,1H3,(H,18,20,21). The van der Waals surface area contributed by atoms with E-state index in [0.717, 1.165) is 6.07 Å². The van der Waals surface area contributed by atoms with E-state index < -0.39 is 22.6 Å². The second-order valence-electron chi connectivity index (χ2n) is 4.59. The van der Waals surface area contributed by atoms with Gasteiger partial charge < -0.3 is 10.1 Å². The van der Waals surface area contributed by atoms with Gasteiger partial charge in [0.2, 0.25) is 0 Å². The third kappa shape index (κ3) is 3.74. The van der Waals surface area contributed by atoms with Crippen molar-refractivity contribution in [3.8, 4) is 6.07 Å². The Balaban J connectivity index is 2.23. The fraction of sp³-hybridized carbons (Fsp3) is 0.0667. The number of amides is 2. The van der Waals surface area contributed by atoms with Crippen LogP contribution in [0.25, 0.3) is 0 Å². The molecule has 8 heteroatoms. The van der Waals surface area contributed by atoms with Gasteiger partial charge in [-0.2, -0.15) is 5.26 Å². The summed E-state index contributed by atoms with van der Waals surface area (Å²) in [4.78, 5) is 37.8. The first-order chi connectivity index (χ1) is 10.9. The minimum atomic E-state index is -0.786. The first kappa shape index (κ1) is 15.8. The van der Waals surface area contributed by atoms with E-state index in [4.69, 9.17) is 5.26 Å². The number of hydrogen-bond acceptors (Lipinski definition) is 6. The number of nitrogens with one attached hydrogen (secondary N) is 1. The molecule has 2 rings (SSSR count). The van der Waals surface area contributed by atoms with Crippen molar-refractivity contribution in [2.45, 2.75) is 6.92 Å². The van der Waals surface area contributed by atoms with Crippen LogP contribution in [0.2, 0.25) is 0 Å². The number of pyridine rings is 1. The van der Waals surface area contributed by atoms with Crippen LogP contribution in [-0.2, 0) is 0 Å². The monoisotopic (exact) mass is 310 g/mol. The smallest absolute Gasteiger partial charge is 0.358 e. The third-order valence-corrected chi connectivity index (χ3v) is 2.87. The van der Waals surface area contributed by atoms with Crippen LogP contribution in [-0.4, -0.2) is 21.7 Å². The Hall–Kier alpha value is -3.60. The second kappa shape index (κ2) is 6.44. The quantitative estimate of drug-likeness (QED) is 0.522. The van der Waals surface area contributed by atoms with Crippen molar-refractivity contribution < 1.29 is 14.5 Å². The van der Waals surface area contributed by atoms with Gasteiger partial charge in [0.05, 0.1) is 17.2 Å². The van der Waals surface area contributed by atoms with Crippen LogP contribution < -0.4 is 5.32 Å². The maximum atomic E-state index is 12.1. The Morgan fingerprint density at radius 3 is 2.57 bits per heavy atom. The van der Waals surface area contributed by atoms with Crippen molar-refractivity contribution >= 4 is 17.6 Å². The predicted octanol–water partition coefficient (Wildman–Crippen LogP) is 1.74. The highest BCUT2D eigenvalue weighted by Crippen LogP contribution is 2.12. The first-order valence-electron chi connectivity index (χ1n) is 6.39. The summed E-state index contributed by atoms with van der Waals surface area (Å²) in [5, 5.41) is 21.7. The Morgan fingerprint density at radius 2 is 1.91 bits per heavy atom. The van der Waals surface area contributed by atoms with Crippen molar-refractivity contribution in [1.29, 1.82) is 5.26 Å².